The van der Waals surface area contributed by atoms with Gasteiger partial charge in [0.25, 0.3) is 11.8 Å². The van der Waals surface area contributed by atoms with E-state index in [4.69, 9.17) is 0 Å². The zero-order valence-corrected chi connectivity index (χ0v) is 17.9. The van der Waals surface area contributed by atoms with Crippen molar-refractivity contribution in [2.45, 2.75) is 25.4 Å². The summed E-state index contributed by atoms with van der Waals surface area (Å²) in [5.41, 5.74) is 0.863. The largest absolute Gasteiger partial charge is 0.350 e. The quantitative estimate of drug-likeness (QED) is 0.553. The van der Waals surface area contributed by atoms with Gasteiger partial charge in [-0.05, 0) is 37.1 Å². The monoisotopic (exact) mass is 413 g/mol. The van der Waals surface area contributed by atoms with Gasteiger partial charge in [0.05, 0.1) is 6.04 Å². The first kappa shape index (κ1) is 22.0. The number of benzene rings is 2. The molecule has 5 heteroatoms. The molecule has 0 aliphatic heterocycles. The Morgan fingerprint density at radius 3 is 2.19 bits per heavy atom. The number of pyridine rings is 1. The first-order chi connectivity index (χ1) is 15.0. The van der Waals surface area contributed by atoms with E-state index in [9.17, 15) is 9.59 Å². The lowest BCUT2D eigenvalue weighted by atomic mass is 9.85. The Morgan fingerprint density at radius 1 is 1.03 bits per heavy atom. The van der Waals surface area contributed by atoms with Gasteiger partial charge in [-0.25, -0.2) is 0 Å². The van der Waals surface area contributed by atoms with E-state index in [0.29, 0.717) is 12.1 Å². The molecule has 0 spiro atoms. The second-order valence-electron chi connectivity index (χ2n) is 7.43. The Bertz CT molecular complexity index is 1020. The van der Waals surface area contributed by atoms with Crippen molar-refractivity contribution in [3.63, 3.8) is 0 Å². The van der Waals surface area contributed by atoms with Crippen LogP contribution in [0.5, 0.6) is 0 Å². The fourth-order valence-corrected chi connectivity index (χ4v) is 3.76. The first-order valence-corrected chi connectivity index (χ1v) is 10.2. The third kappa shape index (κ3) is 4.56. The highest BCUT2D eigenvalue weighted by Crippen LogP contribution is 2.37. The maximum absolute atomic E-state index is 13.9. The van der Waals surface area contributed by atoms with E-state index >= 15 is 0 Å². The van der Waals surface area contributed by atoms with E-state index in [1.807, 2.05) is 67.6 Å². The lowest BCUT2D eigenvalue weighted by Crippen LogP contribution is -2.57. The second kappa shape index (κ2) is 9.85. The number of carbonyl (C=O) groups is 2. The summed E-state index contributed by atoms with van der Waals surface area (Å²) in [4.78, 5) is 33.1. The number of hydrogen-bond acceptors (Lipinski definition) is 3. The highest BCUT2D eigenvalue weighted by Gasteiger charge is 2.46. The summed E-state index contributed by atoms with van der Waals surface area (Å²) in [5, 5.41) is 2.90. The van der Waals surface area contributed by atoms with Gasteiger partial charge in [0, 0.05) is 24.5 Å². The lowest BCUT2D eigenvalue weighted by Gasteiger charge is -2.44. The summed E-state index contributed by atoms with van der Waals surface area (Å²) in [6.45, 7) is 7.73. The zero-order valence-electron chi connectivity index (χ0n) is 17.9. The normalized spacial score (nSPS) is 13.5. The van der Waals surface area contributed by atoms with Crippen LogP contribution in [-0.4, -0.2) is 28.2 Å². The smallest absolute Gasteiger partial charge is 0.255 e. The number of rotatable bonds is 8. The maximum Gasteiger partial charge on any atom is 0.255 e. The Kier molecular flexibility index (Phi) is 6.98. The van der Waals surface area contributed by atoms with Gasteiger partial charge >= 0.3 is 0 Å². The Hall–Kier alpha value is -3.73. The van der Waals surface area contributed by atoms with Crippen LogP contribution in [0.15, 0.2) is 97.8 Å². The number of aromatic nitrogens is 1. The minimum Gasteiger partial charge on any atom is -0.350 e. The summed E-state index contributed by atoms with van der Waals surface area (Å²) in [6, 6.07) is 22.1. The van der Waals surface area contributed by atoms with Crippen molar-refractivity contribution in [3.8, 4) is 0 Å². The molecule has 0 radical (unpaired) electrons. The molecule has 0 fully saturated rings. The second-order valence-corrected chi connectivity index (χ2v) is 7.43. The summed E-state index contributed by atoms with van der Waals surface area (Å²) in [5.74, 6) is -0.525. The standard InChI is InChI=1S/C26H27N3O2/c1-4-17-28-25(31)26(3,23-13-9-6-10-14-23)29(20(2)21-11-7-5-8-12-21)24(30)22-15-18-27-19-16-22/h4-16,18-20H,1,17H2,2-3H3,(H,28,31). The molecule has 1 N–H and O–H groups in total. The van der Waals surface area contributed by atoms with Gasteiger partial charge in [-0.15, -0.1) is 6.58 Å². The molecule has 1 aromatic heterocycles. The molecule has 2 amide bonds. The minimum atomic E-state index is -1.26. The van der Waals surface area contributed by atoms with Crippen LogP contribution in [0.25, 0.3) is 0 Å². The van der Waals surface area contributed by atoms with Crippen LogP contribution in [0.4, 0.5) is 0 Å². The van der Waals surface area contributed by atoms with Crippen molar-refractivity contribution >= 4 is 11.8 Å². The van der Waals surface area contributed by atoms with Gasteiger partial charge in [-0.2, -0.15) is 0 Å². The summed E-state index contributed by atoms with van der Waals surface area (Å²) in [6.07, 6.45) is 4.78. The molecule has 0 aliphatic rings. The number of nitrogens with one attached hydrogen (secondary N) is 1. The Labute approximate surface area is 183 Å². The zero-order chi connectivity index (χ0) is 22.3. The van der Waals surface area contributed by atoms with Crippen molar-refractivity contribution < 1.29 is 9.59 Å². The van der Waals surface area contributed by atoms with Crippen molar-refractivity contribution in [1.82, 2.24) is 15.2 Å². The molecule has 2 unspecified atom stereocenters. The number of carbonyl (C=O) groups excluding carboxylic acids is 2. The van der Waals surface area contributed by atoms with Crippen LogP contribution >= 0.6 is 0 Å². The molecular formula is C26H27N3O2. The molecule has 0 saturated heterocycles. The number of hydrogen-bond donors (Lipinski definition) is 1. The van der Waals surface area contributed by atoms with E-state index in [1.165, 1.54) is 0 Å². The van der Waals surface area contributed by atoms with Gasteiger partial charge in [-0.1, -0.05) is 66.7 Å². The SMILES string of the molecule is C=CCNC(=O)C(C)(c1ccccc1)N(C(=O)c1ccncc1)C(C)c1ccccc1. The van der Waals surface area contributed by atoms with Crippen molar-refractivity contribution in [2.24, 2.45) is 0 Å². The molecule has 0 saturated carbocycles. The fourth-order valence-electron chi connectivity index (χ4n) is 3.76. The average molecular weight is 414 g/mol. The summed E-state index contributed by atoms with van der Waals surface area (Å²) >= 11 is 0. The van der Waals surface area contributed by atoms with Gasteiger partial charge in [0.1, 0.15) is 5.54 Å². The Balaban J connectivity index is 2.20. The molecular weight excluding hydrogens is 386 g/mol. The molecule has 5 nitrogen and oxygen atoms in total. The molecule has 3 aromatic rings. The van der Waals surface area contributed by atoms with E-state index in [0.717, 1.165) is 11.1 Å². The van der Waals surface area contributed by atoms with Crippen LogP contribution in [0, 0.1) is 0 Å². The molecule has 0 bridgehead atoms. The highest BCUT2D eigenvalue weighted by molar-refractivity contribution is 5.99. The topological polar surface area (TPSA) is 62.3 Å². The molecule has 2 aromatic carbocycles. The average Bonchev–Trinajstić information content (AvgIpc) is 2.83. The van der Waals surface area contributed by atoms with Crippen molar-refractivity contribution in [1.29, 1.82) is 0 Å². The van der Waals surface area contributed by atoms with Gasteiger partial charge in [-0.3, -0.25) is 14.6 Å². The van der Waals surface area contributed by atoms with Gasteiger partial charge < -0.3 is 10.2 Å². The highest BCUT2D eigenvalue weighted by atomic mass is 16.2. The van der Waals surface area contributed by atoms with E-state index in [1.54, 1.807) is 42.4 Å². The van der Waals surface area contributed by atoms with Crippen LogP contribution in [-0.2, 0) is 10.3 Å². The third-order valence-electron chi connectivity index (χ3n) is 5.48. The Morgan fingerprint density at radius 2 is 1.61 bits per heavy atom. The number of nitrogens with zero attached hydrogens (tertiary/aromatic N) is 2. The predicted molar refractivity (Wildman–Crippen MR) is 122 cm³/mol. The van der Waals surface area contributed by atoms with Crippen LogP contribution in [0.1, 0.15) is 41.4 Å². The lowest BCUT2D eigenvalue weighted by molar-refractivity contribution is -0.133. The molecule has 2 atom stereocenters. The molecule has 31 heavy (non-hydrogen) atoms. The number of amides is 2. The van der Waals surface area contributed by atoms with E-state index < -0.39 is 5.54 Å². The minimum absolute atomic E-state index is 0.251. The van der Waals surface area contributed by atoms with Crippen molar-refractivity contribution in [3.05, 3.63) is 115 Å². The van der Waals surface area contributed by atoms with Crippen molar-refractivity contribution in [2.75, 3.05) is 6.54 Å². The molecule has 1 heterocycles. The molecule has 0 aliphatic carbocycles. The predicted octanol–water partition coefficient (Wildman–Crippen LogP) is 4.50. The van der Waals surface area contributed by atoms with Crippen LogP contribution < -0.4 is 5.32 Å². The van der Waals surface area contributed by atoms with Gasteiger partial charge in [0.15, 0.2) is 0 Å². The van der Waals surface area contributed by atoms with E-state index in [-0.39, 0.29) is 17.9 Å². The van der Waals surface area contributed by atoms with E-state index in [2.05, 4.69) is 16.9 Å². The van der Waals surface area contributed by atoms with Gasteiger partial charge in [0.2, 0.25) is 0 Å². The summed E-state index contributed by atoms with van der Waals surface area (Å²) in [7, 11) is 0. The molecule has 3 rings (SSSR count). The first-order valence-electron chi connectivity index (χ1n) is 10.2. The fraction of sp³-hybridized carbons (Fsp3) is 0.192. The summed E-state index contributed by atoms with van der Waals surface area (Å²) < 4.78 is 0. The van der Waals surface area contributed by atoms with Crippen LogP contribution in [0.2, 0.25) is 0 Å². The third-order valence-corrected chi connectivity index (χ3v) is 5.48. The molecule has 158 valence electrons. The maximum atomic E-state index is 13.9. The van der Waals surface area contributed by atoms with Crippen LogP contribution in [0.3, 0.4) is 0 Å².